The highest BCUT2D eigenvalue weighted by atomic mass is 16.4. The molecular weight excluding hydrogens is 232 g/mol. The first kappa shape index (κ1) is 12.5. The Kier molecular flexibility index (Phi) is 3.60. The summed E-state index contributed by atoms with van der Waals surface area (Å²) in [5.41, 5.74) is 1.35. The van der Waals surface area contributed by atoms with Gasteiger partial charge in [-0.05, 0) is 37.8 Å². The molecule has 1 aliphatic rings. The molecule has 0 unspecified atom stereocenters. The number of rotatable bonds is 2. The van der Waals surface area contributed by atoms with E-state index in [1.165, 1.54) is 11.1 Å². The second-order valence-corrected chi connectivity index (χ2v) is 4.60. The van der Waals surface area contributed by atoms with Crippen LogP contribution in [0.5, 0.6) is 0 Å². The van der Waals surface area contributed by atoms with Crippen molar-refractivity contribution in [1.82, 2.24) is 9.88 Å². The van der Waals surface area contributed by atoms with Crippen molar-refractivity contribution in [3.05, 3.63) is 29.6 Å². The molecule has 5 nitrogen and oxygen atoms in total. The van der Waals surface area contributed by atoms with Crippen molar-refractivity contribution in [3.63, 3.8) is 0 Å². The van der Waals surface area contributed by atoms with Gasteiger partial charge in [-0.15, -0.1) is 0 Å². The maximum Gasteiger partial charge on any atom is 0.326 e. The predicted molar refractivity (Wildman–Crippen MR) is 65.3 cm³/mol. The van der Waals surface area contributed by atoms with Crippen molar-refractivity contribution < 1.29 is 14.7 Å². The van der Waals surface area contributed by atoms with E-state index in [9.17, 15) is 9.59 Å². The Morgan fingerprint density at radius 1 is 1.39 bits per heavy atom. The molecule has 1 aliphatic heterocycles. The van der Waals surface area contributed by atoms with Gasteiger partial charge in [0.05, 0.1) is 5.56 Å². The molecule has 1 atom stereocenters. The van der Waals surface area contributed by atoms with Crippen molar-refractivity contribution in [3.8, 4) is 0 Å². The molecule has 0 radical (unpaired) electrons. The van der Waals surface area contributed by atoms with Crippen LogP contribution in [0.1, 0.15) is 35.2 Å². The second kappa shape index (κ2) is 5.16. The fraction of sp³-hybridized carbons (Fsp3) is 0.462. The number of carbonyl (C=O) groups is 2. The maximum atomic E-state index is 12.3. The lowest BCUT2D eigenvalue weighted by Crippen LogP contribution is -2.48. The number of aliphatic carboxylic acids is 1. The van der Waals surface area contributed by atoms with Gasteiger partial charge in [0, 0.05) is 18.9 Å². The zero-order chi connectivity index (χ0) is 13.1. The first-order chi connectivity index (χ1) is 8.59. The largest absolute Gasteiger partial charge is 0.480 e. The van der Waals surface area contributed by atoms with Gasteiger partial charge in [-0.25, -0.2) is 4.79 Å². The summed E-state index contributed by atoms with van der Waals surface area (Å²) in [6.45, 7) is 2.36. The van der Waals surface area contributed by atoms with E-state index in [4.69, 9.17) is 5.11 Å². The van der Waals surface area contributed by atoms with E-state index in [2.05, 4.69) is 4.98 Å². The first-order valence-electron chi connectivity index (χ1n) is 6.05. The number of aryl methyl sites for hydroxylation is 1. The van der Waals surface area contributed by atoms with Gasteiger partial charge in [0.1, 0.15) is 6.04 Å². The van der Waals surface area contributed by atoms with Crippen LogP contribution in [-0.4, -0.2) is 39.5 Å². The average molecular weight is 248 g/mol. The van der Waals surface area contributed by atoms with Gasteiger partial charge >= 0.3 is 5.97 Å². The van der Waals surface area contributed by atoms with E-state index in [1.54, 1.807) is 12.3 Å². The molecule has 0 bridgehead atoms. The van der Waals surface area contributed by atoms with Crippen molar-refractivity contribution in [2.24, 2.45) is 0 Å². The number of hydrogen-bond acceptors (Lipinski definition) is 3. The number of carbonyl (C=O) groups excluding carboxylic acids is 1. The Balaban J connectivity index is 2.23. The van der Waals surface area contributed by atoms with Gasteiger partial charge in [-0.1, -0.05) is 0 Å². The van der Waals surface area contributed by atoms with Crippen LogP contribution in [0, 0.1) is 6.92 Å². The van der Waals surface area contributed by atoms with Crippen molar-refractivity contribution in [1.29, 1.82) is 0 Å². The monoisotopic (exact) mass is 248 g/mol. The van der Waals surface area contributed by atoms with E-state index < -0.39 is 12.0 Å². The third kappa shape index (κ3) is 2.50. The molecule has 2 rings (SSSR count). The number of hydrogen-bond donors (Lipinski definition) is 1. The van der Waals surface area contributed by atoms with Crippen LogP contribution in [0.25, 0.3) is 0 Å². The highest BCUT2D eigenvalue weighted by Gasteiger charge is 2.32. The summed E-state index contributed by atoms with van der Waals surface area (Å²) in [4.78, 5) is 28.9. The molecule has 1 N–H and O–H groups in total. The molecular formula is C13H16N2O3. The minimum Gasteiger partial charge on any atom is -0.480 e. The van der Waals surface area contributed by atoms with Crippen LogP contribution < -0.4 is 0 Å². The van der Waals surface area contributed by atoms with Crippen LogP contribution in [0.4, 0.5) is 0 Å². The number of likely N-dealkylation sites (tertiary alicyclic amines) is 1. The van der Waals surface area contributed by atoms with Crippen molar-refractivity contribution in [2.75, 3.05) is 6.54 Å². The summed E-state index contributed by atoms with van der Waals surface area (Å²) in [5.74, 6) is -1.16. The Morgan fingerprint density at radius 2 is 2.17 bits per heavy atom. The van der Waals surface area contributed by atoms with Crippen LogP contribution in [0.2, 0.25) is 0 Å². The smallest absolute Gasteiger partial charge is 0.326 e. The Hall–Kier alpha value is -1.91. The topological polar surface area (TPSA) is 70.5 Å². The zero-order valence-electron chi connectivity index (χ0n) is 10.3. The number of pyridine rings is 1. The van der Waals surface area contributed by atoms with Gasteiger partial charge < -0.3 is 10.0 Å². The van der Waals surface area contributed by atoms with Gasteiger partial charge in [-0.3, -0.25) is 9.78 Å². The maximum absolute atomic E-state index is 12.3. The number of aromatic nitrogens is 1. The Morgan fingerprint density at radius 3 is 2.83 bits per heavy atom. The molecule has 0 spiro atoms. The summed E-state index contributed by atoms with van der Waals surface area (Å²) >= 11 is 0. The van der Waals surface area contributed by atoms with E-state index in [-0.39, 0.29) is 5.91 Å². The van der Waals surface area contributed by atoms with E-state index >= 15 is 0 Å². The normalized spacial score (nSPS) is 19.6. The molecule has 1 amide bonds. The second-order valence-electron chi connectivity index (χ2n) is 4.60. The summed E-state index contributed by atoms with van der Waals surface area (Å²) < 4.78 is 0. The molecule has 1 fully saturated rings. The van der Waals surface area contributed by atoms with Gasteiger partial charge in [0.15, 0.2) is 0 Å². The average Bonchev–Trinajstić information content (AvgIpc) is 2.38. The van der Waals surface area contributed by atoms with Crippen LogP contribution in [0.15, 0.2) is 18.5 Å². The summed E-state index contributed by atoms with van der Waals surface area (Å²) in [6, 6.07) is 1.04. The molecule has 96 valence electrons. The number of carboxylic acid groups (broad SMARTS) is 1. The third-order valence-electron chi connectivity index (χ3n) is 3.17. The SMILES string of the molecule is Cc1cncc(C(=O)N2CCCC[C@@H]2C(=O)O)c1. The molecule has 18 heavy (non-hydrogen) atoms. The lowest BCUT2D eigenvalue weighted by atomic mass is 10.0. The van der Waals surface area contributed by atoms with Crippen molar-refractivity contribution >= 4 is 11.9 Å². The molecule has 0 saturated carbocycles. The van der Waals surface area contributed by atoms with Gasteiger partial charge in [0.25, 0.3) is 5.91 Å². The molecule has 0 aliphatic carbocycles. The molecule has 2 heterocycles. The highest BCUT2D eigenvalue weighted by molar-refractivity contribution is 5.96. The number of amides is 1. The standard InChI is InChI=1S/C13H16N2O3/c1-9-6-10(8-14-7-9)12(16)15-5-3-2-4-11(15)13(17)18/h6-8,11H,2-5H2,1H3,(H,17,18)/t11-/m1/s1. The van der Waals surface area contributed by atoms with Crippen LogP contribution >= 0.6 is 0 Å². The third-order valence-corrected chi connectivity index (χ3v) is 3.17. The molecule has 1 saturated heterocycles. The van der Waals surface area contributed by atoms with Gasteiger partial charge in [-0.2, -0.15) is 0 Å². The predicted octanol–water partition coefficient (Wildman–Crippen LogP) is 1.47. The lowest BCUT2D eigenvalue weighted by molar-refractivity contribution is -0.143. The fourth-order valence-corrected chi connectivity index (χ4v) is 2.27. The zero-order valence-corrected chi connectivity index (χ0v) is 10.3. The molecule has 1 aromatic heterocycles. The minimum absolute atomic E-state index is 0.238. The fourth-order valence-electron chi connectivity index (χ4n) is 2.27. The number of piperidine rings is 1. The van der Waals surface area contributed by atoms with E-state index in [0.717, 1.165) is 18.4 Å². The summed E-state index contributed by atoms with van der Waals surface area (Å²) in [7, 11) is 0. The molecule has 5 heteroatoms. The van der Waals surface area contributed by atoms with Crippen LogP contribution in [-0.2, 0) is 4.79 Å². The quantitative estimate of drug-likeness (QED) is 0.860. The molecule has 1 aromatic rings. The van der Waals surface area contributed by atoms with E-state index in [1.807, 2.05) is 6.92 Å². The van der Waals surface area contributed by atoms with E-state index in [0.29, 0.717) is 18.5 Å². The van der Waals surface area contributed by atoms with Gasteiger partial charge in [0.2, 0.25) is 0 Å². The summed E-state index contributed by atoms with van der Waals surface area (Å²) in [5, 5.41) is 9.15. The Labute approximate surface area is 105 Å². The van der Waals surface area contributed by atoms with Crippen LogP contribution in [0.3, 0.4) is 0 Å². The first-order valence-corrected chi connectivity index (χ1v) is 6.05. The Bertz CT molecular complexity index is 473. The number of carboxylic acids is 1. The summed E-state index contributed by atoms with van der Waals surface area (Å²) in [6.07, 6.45) is 5.40. The highest BCUT2D eigenvalue weighted by Crippen LogP contribution is 2.20. The lowest BCUT2D eigenvalue weighted by Gasteiger charge is -2.32. The molecule has 0 aromatic carbocycles. The number of nitrogens with zero attached hydrogens (tertiary/aromatic N) is 2. The minimum atomic E-state index is -0.927. The van der Waals surface area contributed by atoms with Crippen molar-refractivity contribution in [2.45, 2.75) is 32.2 Å².